The van der Waals surface area contributed by atoms with Crippen LogP contribution in [0.25, 0.3) is 0 Å². The summed E-state index contributed by atoms with van der Waals surface area (Å²) in [5.74, 6) is 0.486. The minimum Gasteiger partial charge on any atom is -0.478 e. The van der Waals surface area contributed by atoms with E-state index in [2.05, 4.69) is 37.3 Å². The monoisotopic (exact) mass is 403 g/mol. The summed E-state index contributed by atoms with van der Waals surface area (Å²) in [6, 6.07) is 13.4. The maximum absolute atomic E-state index is 12.0. The summed E-state index contributed by atoms with van der Waals surface area (Å²) in [6.45, 7) is 2.12. The van der Waals surface area contributed by atoms with Crippen molar-refractivity contribution in [1.29, 1.82) is 0 Å². The molecule has 2 unspecified atom stereocenters. The quantitative estimate of drug-likeness (QED) is 0.783. The van der Waals surface area contributed by atoms with E-state index in [0.717, 1.165) is 34.0 Å². The third kappa shape index (κ3) is 3.11. The highest BCUT2D eigenvalue weighted by atomic mass is 16.5. The molecule has 0 bridgehead atoms. The number of carbonyl (C=O) groups is 1. The van der Waals surface area contributed by atoms with Gasteiger partial charge in [-0.3, -0.25) is 0 Å². The first-order valence-electron chi connectivity index (χ1n) is 9.99. The van der Waals surface area contributed by atoms with E-state index in [1.54, 1.807) is 12.1 Å². The van der Waals surface area contributed by atoms with Gasteiger partial charge in [-0.2, -0.15) is 0 Å². The summed E-state index contributed by atoms with van der Waals surface area (Å²) in [7, 11) is 7.98. The van der Waals surface area contributed by atoms with Gasteiger partial charge >= 0.3 is 5.97 Å². The van der Waals surface area contributed by atoms with Crippen molar-refractivity contribution in [3.63, 3.8) is 0 Å². The Morgan fingerprint density at radius 2 is 1.87 bits per heavy atom. The summed E-state index contributed by atoms with van der Waals surface area (Å²) in [5, 5.41) is 9.87. The maximum Gasteiger partial charge on any atom is 0.335 e. The molecule has 0 saturated carbocycles. The highest BCUT2D eigenvalue weighted by Gasteiger charge is 2.47. The molecule has 2 aromatic rings. The van der Waals surface area contributed by atoms with Gasteiger partial charge in [-0.15, -0.1) is 0 Å². The Bertz CT molecular complexity index is 1120. The number of benzene rings is 2. The standard InChI is InChI=1S/C25H26N2O3/c1-25-13-12-17(27(4)5)15-22(25)30-21-14-16(26(2)3)10-11-20(21)23(25)18-8-6-7-9-19(18)24(28)29/h6-15,23H,1-5H3/p+1. The number of aromatic carboxylic acids is 1. The molecule has 0 radical (unpaired) electrons. The van der Waals surface area contributed by atoms with Gasteiger partial charge < -0.3 is 14.7 Å². The molecule has 5 nitrogen and oxygen atoms in total. The fourth-order valence-corrected chi connectivity index (χ4v) is 4.34. The van der Waals surface area contributed by atoms with E-state index in [1.807, 2.05) is 55.9 Å². The summed E-state index contributed by atoms with van der Waals surface area (Å²) in [5.41, 5.74) is 3.68. The summed E-state index contributed by atoms with van der Waals surface area (Å²) in [6.07, 6.45) is 6.29. The van der Waals surface area contributed by atoms with Gasteiger partial charge in [-0.25, -0.2) is 9.37 Å². The minimum absolute atomic E-state index is 0.184. The molecule has 2 aliphatic rings. The van der Waals surface area contributed by atoms with Gasteiger partial charge in [0, 0.05) is 49.5 Å². The van der Waals surface area contributed by atoms with Crippen LogP contribution in [-0.2, 0) is 0 Å². The summed E-state index contributed by atoms with van der Waals surface area (Å²) >= 11 is 0. The largest absolute Gasteiger partial charge is 0.478 e. The highest BCUT2D eigenvalue weighted by Crippen LogP contribution is 2.55. The molecule has 0 fully saturated rings. The minimum atomic E-state index is -0.919. The van der Waals surface area contributed by atoms with E-state index in [1.165, 1.54) is 0 Å². The van der Waals surface area contributed by atoms with Gasteiger partial charge in [0.2, 0.25) is 5.71 Å². The third-order valence-electron chi connectivity index (χ3n) is 6.07. The summed E-state index contributed by atoms with van der Waals surface area (Å²) < 4.78 is 8.49. The van der Waals surface area contributed by atoms with E-state index in [4.69, 9.17) is 4.74 Å². The highest BCUT2D eigenvalue weighted by molar-refractivity contribution is 6.02. The lowest BCUT2D eigenvalue weighted by Gasteiger charge is -2.43. The molecule has 4 rings (SSSR count). The van der Waals surface area contributed by atoms with Gasteiger partial charge in [-0.1, -0.05) is 30.3 Å². The van der Waals surface area contributed by atoms with Gasteiger partial charge in [0.05, 0.1) is 11.0 Å². The van der Waals surface area contributed by atoms with E-state index in [9.17, 15) is 9.90 Å². The van der Waals surface area contributed by atoms with Crippen LogP contribution in [0.15, 0.2) is 66.5 Å². The van der Waals surface area contributed by atoms with Crippen molar-refractivity contribution in [2.75, 3.05) is 33.1 Å². The molecule has 1 heterocycles. The number of ether oxygens (including phenoxy) is 1. The topological polar surface area (TPSA) is 52.8 Å². The molecule has 1 aliphatic carbocycles. The molecule has 5 heteroatoms. The first-order chi connectivity index (χ1) is 14.2. The van der Waals surface area contributed by atoms with E-state index in [-0.39, 0.29) is 5.92 Å². The van der Waals surface area contributed by atoms with Crippen LogP contribution >= 0.6 is 0 Å². The number of carboxylic acids is 1. The molecule has 0 amide bonds. The van der Waals surface area contributed by atoms with Crippen molar-refractivity contribution >= 4 is 17.4 Å². The lowest BCUT2D eigenvalue weighted by molar-refractivity contribution is -0.462. The number of hydrogen-bond acceptors (Lipinski definition) is 3. The van der Waals surface area contributed by atoms with Crippen molar-refractivity contribution in [2.45, 2.75) is 12.8 Å². The summed E-state index contributed by atoms with van der Waals surface area (Å²) in [4.78, 5) is 14.1. The molecule has 1 aliphatic heterocycles. The van der Waals surface area contributed by atoms with Crippen LogP contribution in [0.5, 0.6) is 5.75 Å². The number of rotatable bonds is 3. The Kier molecular flexibility index (Phi) is 4.77. The third-order valence-corrected chi connectivity index (χ3v) is 6.07. The molecular formula is C25H27N2O3+. The molecule has 2 atom stereocenters. The van der Waals surface area contributed by atoms with Gasteiger partial charge in [0.1, 0.15) is 25.6 Å². The Morgan fingerprint density at radius 3 is 2.53 bits per heavy atom. The number of fused-ring (bicyclic) bond motifs is 2. The first kappa shape index (κ1) is 20.0. The average molecular weight is 404 g/mol. The zero-order valence-corrected chi connectivity index (χ0v) is 18.0. The smallest absolute Gasteiger partial charge is 0.335 e. The fraction of sp³-hybridized carbons (Fsp3) is 0.280. The van der Waals surface area contributed by atoms with E-state index >= 15 is 0 Å². The second kappa shape index (κ2) is 7.17. The molecule has 0 spiro atoms. The van der Waals surface area contributed by atoms with Crippen molar-refractivity contribution in [2.24, 2.45) is 5.41 Å². The van der Waals surface area contributed by atoms with Gasteiger partial charge in [-0.05, 0) is 24.6 Å². The lowest BCUT2D eigenvalue weighted by Crippen LogP contribution is -2.37. The number of nitrogens with zero attached hydrogens (tertiary/aromatic N) is 2. The second-order valence-electron chi connectivity index (χ2n) is 8.49. The SMILES string of the molecule is CN(C)c1ccc2c(c1)OC1=CC(=[N+](C)C)C=CC1(C)C2c1ccccc1C(=O)O. The average Bonchev–Trinajstić information content (AvgIpc) is 2.70. The Morgan fingerprint density at radius 1 is 1.13 bits per heavy atom. The lowest BCUT2D eigenvalue weighted by atomic mass is 9.64. The molecule has 154 valence electrons. The number of carboxylic acid groups (broad SMARTS) is 1. The number of anilines is 1. The van der Waals surface area contributed by atoms with Crippen LogP contribution in [0.4, 0.5) is 5.69 Å². The number of allylic oxidation sites excluding steroid dienone is 3. The van der Waals surface area contributed by atoms with Gasteiger partial charge in [0.15, 0.2) is 0 Å². The van der Waals surface area contributed by atoms with E-state index in [0.29, 0.717) is 5.56 Å². The van der Waals surface area contributed by atoms with Crippen molar-refractivity contribution < 1.29 is 19.2 Å². The molecule has 1 N–H and O–H groups in total. The van der Waals surface area contributed by atoms with Crippen molar-refractivity contribution in [1.82, 2.24) is 0 Å². The van der Waals surface area contributed by atoms with Crippen LogP contribution in [0.1, 0.15) is 34.3 Å². The molecule has 0 saturated heterocycles. The first-order valence-corrected chi connectivity index (χ1v) is 9.99. The Labute approximate surface area is 177 Å². The predicted molar refractivity (Wildman–Crippen MR) is 119 cm³/mol. The molecule has 30 heavy (non-hydrogen) atoms. The second-order valence-corrected chi connectivity index (χ2v) is 8.49. The Balaban J connectivity index is 2.01. The van der Waals surface area contributed by atoms with Crippen LogP contribution in [0.3, 0.4) is 0 Å². The van der Waals surface area contributed by atoms with Crippen LogP contribution in [-0.4, -0.2) is 49.6 Å². The van der Waals surface area contributed by atoms with Crippen molar-refractivity contribution in [3.05, 3.63) is 83.1 Å². The zero-order chi connectivity index (χ0) is 21.6. The van der Waals surface area contributed by atoms with Crippen LogP contribution in [0, 0.1) is 5.41 Å². The molecule has 0 aromatic heterocycles. The fourth-order valence-electron chi connectivity index (χ4n) is 4.34. The predicted octanol–water partition coefficient (Wildman–Crippen LogP) is 4.15. The molecule has 2 aromatic carbocycles. The maximum atomic E-state index is 12.0. The number of hydrogen-bond donors (Lipinski definition) is 1. The normalized spacial score (nSPS) is 21.8. The van der Waals surface area contributed by atoms with Gasteiger partial charge in [0.25, 0.3) is 0 Å². The van der Waals surface area contributed by atoms with Crippen LogP contribution in [0.2, 0.25) is 0 Å². The van der Waals surface area contributed by atoms with E-state index < -0.39 is 11.4 Å². The van der Waals surface area contributed by atoms with Crippen molar-refractivity contribution in [3.8, 4) is 5.75 Å². The Hall–Kier alpha value is -3.34. The van der Waals surface area contributed by atoms with Crippen LogP contribution < -0.4 is 9.64 Å². The molecular weight excluding hydrogens is 376 g/mol. The zero-order valence-electron chi connectivity index (χ0n) is 18.0.